The summed E-state index contributed by atoms with van der Waals surface area (Å²) < 4.78 is 26.7. The molecule has 4 rings (SSSR count). The molecule has 1 aliphatic rings. The lowest BCUT2D eigenvalue weighted by molar-refractivity contribution is -0.122. The minimum atomic E-state index is -0.624. The summed E-state index contributed by atoms with van der Waals surface area (Å²) in [4.78, 5) is 28.8. The van der Waals surface area contributed by atoms with E-state index >= 15 is 0 Å². The van der Waals surface area contributed by atoms with Crippen LogP contribution in [0.1, 0.15) is 23.5 Å². The highest BCUT2D eigenvalue weighted by atomic mass is 19.1. The molecule has 3 N–H and O–H groups in total. The SMILES string of the molecule is O=C(NCc1ccc2[nH]c(=O)[nH]c2c1)[C@@H]1C[C@H]1c1ccc(F)cc1F. The standard InChI is InChI=1S/C18H15F2N3O2/c19-10-2-3-11(14(20)6-10)12-7-13(12)17(24)21-8-9-1-4-15-16(5-9)23-18(25)22-15/h1-6,12-13H,7-8H2,(H,21,24)(H2,22,23,25)/t12-,13+/m0/s1. The number of benzene rings is 2. The van der Waals surface area contributed by atoms with Crippen LogP contribution in [0.15, 0.2) is 41.2 Å². The molecule has 1 heterocycles. The average Bonchev–Trinajstić information content (AvgIpc) is 3.26. The van der Waals surface area contributed by atoms with Gasteiger partial charge in [0.25, 0.3) is 0 Å². The van der Waals surface area contributed by atoms with Gasteiger partial charge in [0.2, 0.25) is 5.91 Å². The molecule has 1 aliphatic carbocycles. The van der Waals surface area contributed by atoms with Crippen LogP contribution in [-0.2, 0) is 11.3 Å². The third-order valence-electron chi connectivity index (χ3n) is 4.54. The number of rotatable bonds is 4. The highest BCUT2D eigenvalue weighted by Crippen LogP contribution is 2.48. The van der Waals surface area contributed by atoms with Gasteiger partial charge in [0, 0.05) is 18.5 Å². The Bertz CT molecular complexity index is 1020. The van der Waals surface area contributed by atoms with Gasteiger partial charge in [0.1, 0.15) is 11.6 Å². The molecule has 7 heteroatoms. The highest BCUT2D eigenvalue weighted by molar-refractivity contribution is 5.83. The van der Waals surface area contributed by atoms with Crippen LogP contribution < -0.4 is 11.0 Å². The Labute approximate surface area is 141 Å². The van der Waals surface area contributed by atoms with Crippen molar-refractivity contribution in [1.82, 2.24) is 15.3 Å². The molecule has 0 spiro atoms. The number of H-pyrrole nitrogens is 2. The van der Waals surface area contributed by atoms with Crippen LogP contribution in [0.3, 0.4) is 0 Å². The normalized spacial score (nSPS) is 19.1. The van der Waals surface area contributed by atoms with E-state index in [4.69, 9.17) is 0 Å². The molecule has 1 amide bonds. The summed E-state index contributed by atoms with van der Waals surface area (Å²) in [5.41, 5.74) is 2.33. The van der Waals surface area contributed by atoms with E-state index in [1.165, 1.54) is 12.1 Å². The summed E-state index contributed by atoms with van der Waals surface area (Å²) in [7, 11) is 0. The van der Waals surface area contributed by atoms with Crippen molar-refractivity contribution in [2.45, 2.75) is 18.9 Å². The Morgan fingerprint density at radius 1 is 1.12 bits per heavy atom. The number of carbonyl (C=O) groups excluding carboxylic acids is 1. The number of amides is 1. The van der Waals surface area contributed by atoms with Crippen molar-refractivity contribution in [1.29, 1.82) is 0 Å². The van der Waals surface area contributed by atoms with Gasteiger partial charge in [-0.3, -0.25) is 4.79 Å². The molecular formula is C18H15F2N3O2. The summed E-state index contributed by atoms with van der Waals surface area (Å²) in [5, 5.41) is 2.83. The van der Waals surface area contributed by atoms with E-state index in [2.05, 4.69) is 15.3 Å². The van der Waals surface area contributed by atoms with Crippen molar-refractivity contribution >= 4 is 16.9 Å². The van der Waals surface area contributed by atoms with E-state index < -0.39 is 11.6 Å². The molecule has 0 bridgehead atoms. The predicted molar refractivity (Wildman–Crippen MR) is 88.0 cm³/mol. The number of aromatic amines is 2. The van der Waals surface area contributed by atoms with Gasteiger partial charge < -0.3 is 15.3 Å². The minimum Gasteiger partial charge on any atom is -0.352 e. The Balaban J connectivity index is 1.40. The third kappa shape index (κ3) is 3.05. The van der Waals surface area contributed by atoms with Gasteiger partial charge in [0.15, 0.2) is 0 Å². The van der Waals surface area contributed by atoms with E-state index in [1.54, 1.807) is 12.1 Å². The molecule has 5 nitrogen and oxygen atoms in total. The Hall–Kier alpha value is -2.96. The smallest absolute Gasteiger partial charge is 0.323 e. The zero-order valence-corrected chi connectivity index (χ0v) is 13.1. The van der Waals surface area contributed by atoms with Gasteiger partial charge in [-0.15, -0.1) is 0 Å². The molecule has 0 unspecified atom stereocenters. The van der Waals surface area contributed by atoms with Crippen LogP contribution in [0.4, 0.5) is 8.78 Å². The van der Waals surface area contributed by atoms with Crippen LogP contribution >= 0.6 is 0 Å². The zero-order valence-electron chi connectivity index (χ0n) is 13.1. The van der Waals surface area contributed by atoms with E-state index in [0.717, 1.165) is 11.6 Å². The maximum Gasteiger partial charge on any atom is 0.323 e. The second-order valence-corrected chi connectivity index (χ2v) is 6.29. The fourth-order valence-corrected chi connectivity index (χ4v) is 3.14. The van der Waals surface area contributed by atoms with Gasteiger partial charge in [-0.05, 0) is 41.7 Å². The first kappa shape index (κ1) is 15.6. The van der Waals surface area contributed by atoms with Gasteiger partial charge in [0.05, 0.1) is 11.0 Å². The van der Waals surface area contributed by atoms with Crippen molar-refractivity contribution < 1.29 is 13.6 Å². The number of aromatic nitrogens is 2. The van der Waals surface area contributed by atoms with Crippen LogP contribution in [0.25, 0.3) is 11.0 Å². The summed E-state index contributed by atoms with van der Waals surface area (Å²) in [6.45, 7) is 0.317. The number of hydrogen-bond acceptors (Lipinski definition) is 2. The Kier molecular flexibility index (Phi) is 3.63. The van der Waals surface area contributed by atoms with E-state index in [1.807, 2.05) is 6.07 Å². The minimum absolute atomic E-state index is 0.156. The van der Waals surface area contributed by atoms with Crippen molar-refractivity contribution in [3.8, 4) is 0 Å². The molecule has 25 heavy (non-hydrogen) atoms. The zero-order chi connectivity index (χ0) is 17.6. The number of carbonyl (C=O) groups is 1. The number of hydrogen-bond donors (Lipinski definition) is 3. The lowest BCUT2D eigenvalue weighted by Crippen LogP contribution is -2.24. The fourth-order valence-electron chi connectivity index (χ4n) is 3.14. The first-order chi connectivity index (χ1) is 12.0. The van der Waals surface area contributed by atoms with Crippen molar-refractivity contribution in [2.75, 3.05) is 0 Å². The number of fused-ring (bicyclic) bond motifs is 1. The molecule has 1 fully saturated rings. The molecule has 1 saturated carbocycles. The van der Waals surface area contributed by atoms with Crippen molar-refractivity contribution in [3.63, 3.8) is 0 Å². The summed E-state index contributed by atoms with van der Waals surface area (Å²) in [6.07, 6.45) is 0.554. The number of imidazole rings is 1. The molecule has 0 radical (unpaired) electrons. The van der Waals surface area contributed by atoms with Gasteiger partial charge in [-0.1, -0.05) is 12.1 Å². The highest BCUT2D eigenvalue weighted by Gasteiger charge is 2.45. The fraction of sp³-hybridized carbons (Fsp3) is 0.222. The molecule has 128 valence electrons. The molecule has 1 aromatic heterocycles. The summed E-state index contributed by atoms with van der Waals surface area (Å²) >= 11 is 0. The molecule has 0 aliphatic heterocycles. The van der Waals surface area contributed by atoms with Gasteiger partial charge in [-0.2, -0.15) is 0 Å². The molecular weight excluding hydrogens is 328 g/mol. The van der Waals surface area contributed by atoms with Crippen molar-refractivity contribution in [3.05, 3.63) is 69.6 Å². The van der Waals surface area contributed by atoms with Crippen molar-refractivity contribution in [2.24, 2.45) is 5.92 Å². The first-order valence-electron chi connectivity index (χ1n) is 7.95. The van der Waals surface area contributed by atoms with Crippen LogP contribution in [0, 0.1) is 17.6 Å². The Morgan fingerprint density at radius 3 is 2.72 bits per heavy atom. The topological polar surface area (TPSA) is 77.8 Å². The third-order valence-corrected chi connectivity index (χ3v) is 4.54. The Morgan fingerprint density at radius 2 is 1.92 bits per heavy atom. The maximum absolute atomic E-state index is 13.8. The van der Waals surface area contributed by atoms with E-state index in [9.17, 15) is 18.4 Å². The predicted octanol–water partition coefficient (Wildman–Crippen LogP) is 2.55. The summed E-state index contributed by atoms with van der Waals surface area (Å²) in [5.74, 6) is -1.89. The lowest BCUT2D eigenvalue weighted by Gasteiger charge is -2.06. The van der Waals surface area contributed by atoms with Crippen LogP contribution in [0.5, 0.6) is 0 Å². The largest absolute Gasteiger partial charge is 0.352 e. The number of nitrogens with one attached hydrogen (secondary N) is 3. The second-order valence-electron chi connectivity index (χ2n) is 6.29. The lowest BCUT2D eigenvalue weighted by atomic mass is 10.1. The van der Waals surface area contributed by atoms with Gasteiger partial charge >= 0.3 is 5.69 Å². The summed E-state index contributed by atoms with van der Waals surface area (Å²) in [6, 6.07) is 8.82. The monoisotopic (exact) mass is 343 g/mol. The van der Waals surface area contributed by atoms with Crippen LogP contribution in [-0.4, -0.2) is 15.9 Å². The second kappa shape index (κ2) is 5.84. The molecule has 0 saturated heterocycles. The van der Waals surface area contributed by atoms with Gasteiger partial charge in [-0.25, -0.2) is 13.6 Å². The maximum atomic E-state index is 13.8. The van der Waals surface area contributed by atoms with E-state index in [0.29, 0.717) is 29.6 Å². The molecule has 2 atom stereocenters. The van der Waals surface area contributed by atoms with Crippen LogP contribution in [0.2, 0.25) is 0 Å². The van der Waals surface area contributed by atoms with E-state index in [-0.39, 0.29) is 23.4 Å². The molecule has 2 aromatic carbocycles. The first-order valence-corrected chi connectivity index (χ1v) is 7.95. The average molecular weight is 343 g/mol. The molecule has 3 aromatic rings. The number of halogens is 2. The quantitative estimate of drug-likeness (QED) is 0.681.